The highest BCUT2D eigenvalue weighted by Crippen LogP contribution is 2.37. The number of thiazole rings is 1. The van der Waals surface area contributed by atoms with Crippen LogP contribution in [0.3, 0.4) is 0 Å². The van der Waals surface area contributed by atoms with E-state index in [0.29, 0.717) is 34.4 Å². The van der Waals surface area contributed by atoms with Gasteiger partial charge in [0.15, 0.2) is 11.5 Å². The normalized spacial score (nSPS) is 10.8. The van der Waals surface area contributed by atoms with Gasteiger partial charge in [0.05, 0.1) is 34.0 Å². The van der Waals surface area contributed by atoms with E-state index < -0.39 is 0 Å². The highest BCUT2D eigenvalue weighted by molar-refractivity contribution is 7.18. The summed E-state index contributed by atoms with van der Waals surface area (Å²) < 4.78 is 12.1. The third-order valence-electron chi connectivity index (χ3n) is 3.99. The average Bonchev–Trinajstić information content (AvgIpc) is 3.02. The number of anilines is 1. The van der Waals surface area contributed by atoms with Gasteiger partial charge >= 0.3 is 0 Å². The molecule has 0 aliphatic rings. The Kier molecular flexibility index (Phi) is 6.19. The molecule has 0 fully saturated rings. The first kappa shape index (κ1) is 19.5. The zero-order chi connectivity index (χ0) is 19.4. The van der Waals surface area contributed by atoms with Crippen LogP contribution in [0.15, 0.2) is 30.3 Å². The van der Waals surface area contributed by atoms with Crippen LogP contribution in [0.2, 0.25) is 5.02 Å². The predicted octanol–water partition coefficient (Wildman–Crippen LogP) is 5.70. The van der Waals surface area contributed by atoms with E-state index in [0.717, 1.165) is 28.1 Å². The van der Waals surface area contributed by atoms with Gasteiger partial charge in [-0.1, -0.05) is 24.9 Å². The highest BCUT2D eigenvalue weighted by atomic mass is 35.5. The molecule has 7 heteroatoms. The first-order valence-electron chi connectivity index (χ1n) is 8.70. The number of rotatable bonds is 7. The zero-order valence-corrected chi connectivity index (χ0v) is 17.0. The van der Waals surface area contributed by atoms with Crippen LogP contribution in [0.1, 0.15) is 35.1 Å². The molecule has 0 spiro atoms. The number of carbonyl (C=O) groups excluding carboxylic acids is 1. The molecule has 2 aromatic carbocycles. The monoisotopic (exact) mass is 404 g/mol. The second-order valence-electron chi connectivity index (χ2n) is 6.06. The summed E-state index contributed by atoms with van der Waals surface area (Å²) in [5, 5.41) is 4.24. The highest BCUT2D eigenvalue weighted by Gasteiger charge is 2.16. The van der Waals surface area contributed by atoms with Crippen LogP contribution in [-0.4, -0.2) is 24.6 Å². The molecule has 0 bridgehead atoms. The zero-order valence-electron chi connectivity index (χ0n) is 15.5. The van der Waals surface area contributed by atoms with Crippen LogP contribution in [0.25, 0.3) is 10.2 Å². The number of hydrogen-bond acceptors (Lipinski definition) is 5. The Morgan fingerprint density at radius 3 is 2.85 bits per heavy atom. The molecule has 0 aliphatic carbocycles. The number of aromatic nitrogens is 1. The van der Waals surface area contributed by atoms with Crippen molar-refractivity contribution in [1.29, 1.82) is 0 Å². The van der Waals surface area contributed by atoms with Crippen molar-refractivity contribution >= 4 is 44.7 Å². The lowest BCUT2D eigenvalue weighted by atomic mass is 10.1. The fourth-order valence-electron chi connectivity index (χ4n) is 2.63. The SMILES string of the molecule is CCCCOc1c(Cl)cc(C(=O)Nc2ccc3nc(C)sc3c2)cc1OC. The van der Waals surface area contributed by atoms with E-state index in [1.54, 1.807) is 23.5 Å². The summed E-state index contributed by atoms with van der Waals surface area (Å²) in [4.78, 5) is 17.1. The van der Waals surface area contributed by atoms with Crippen LogP contribution in [0, 0.1) is 6.92 Å². The van der Waals surface area contributed by atoms with Gasteiger partial charge in [-0.05, 0) is 43.7 Å². The van der Waals surface area contributed by atoms with Crippen molar-refractivity contribution in [2.45, 2.75) is 26.7 Å². The van der Waals surface area contributed by atoms with Gasteiger partial charge in [0, 0.05) is 11.3 Å². The van der Waals surface area contributed by atoms with Crippen LogP contribution in [-0.2, 0) is 0 Å². The molecule has 0 aliphatic heterocycles. The summed E-state index contributed by atoms with van der Waals surface area (Å²) in [5.41, 5.74) is 2.03. The number of unbranched alkanes of at least 4 members (excludes halogenated alkanes) is 1. The van der Waals surface area contributed by atoms with E-state index in [4.69, 9.17) is 21.1 Å². The summed E-state index contributed by atoms with van der Waals surface area (Å²) in [6, 6.07) is 8.88. The van der Waals surface area contributed by atoms with E-state index in [-0.39, 0.29) is 5.91 Å². The molecular weight excluding hydrogens is 384 g/mol. The van der Waals surface area contributed by atoms with E-state index in [1.165, 1.54) is 7.11 Å². The summed E-state index contributed by atoms with van der Waals surface area (Å²) >= 11 is 7.92. The Balaban J connectivity index is 1.81. The van der Waals surface area contributed by atoms with E-state index in [9.17, 15) is 4.79 Å². The van der Waals surface area contributed by atoms with E-state index >= 15 is 0 Å². The maximum Gasteiger partial charge on any atom is 0.255 e. The third kappa shape index (κ3) is 4.51. The Bertz CT molecular complexity index is 971. The lowest BCUT2D eigenvalue weighted by Gasteiger charge is -2.14. The number of hydrogen-bond donors (Lipinski definition) is 1. The average molecular weight is 405 g/mol. The summed E-state index contributed by atoms with van der Waals surface area (Å²) in [5.74, 6) is 0.638. The van der Waals surface area contributed by atoms with Crippen molar-refractivity contribution in [1.82, 2.24) is 4.98 Å². The van der Waals surface area contributed by atoms with E-state index in [1.807, 2.05) is 25.1 Å². The molecular formula is C20H21ClN2O3S. The molecule has 0 radical (unpaired) electrons. The number of ether oxygens (including phenoxy) is 2. The van der Waals surface area contributed by atoms with Gasteiger partial charge in [-0.3, -0.25) is 4.79 Å². The number of nitrogens with zero attached hydrogens (tertiary/aromatic N) is 1. The second kappa shape index (κ2) is 8.59. The maximum atomic E-state index is 12.7. The molecule has 1 amide bonds. The number of carbonyl (C=O) groups is 1. The van der Waals surface area contributed by atoms with Gasteiger partial charge < -0.3 is 14.8 Å². The van der Waals surface area contributed by atoms with Gasteiger partial charge in [-0.25, -0.2) is 4.98 Å². The van der Waals surface area contributed by atoms with Gasteiger partial charge in [-0.2, -0.15) is 0 Å². The summed E-state index contributed by atoms with van der Waals surface area (Å²) in [7, 11) is 1.53. The molecule has 27 heavy (non-hydrogen) atoms. The van der Waals surface area contributed by atoms with Crippen LogP contribution in [0.5, 0.6) is 11.5 Å². The molecule has 1 aromatic heterocycles. The third-order valence-corrected chi connectivity index (χ3v) is 5.20. The molecule has 1 heterocycles. The Labute approximate surface area is 167 Å². The number of methoxy groups -OCH3 is 1. The number of benzene rings is 2. The summed E-state index contributed by atoms with van der Waals surface area (Å²) in [6.45, 7) is 4.59. The van der Waals surface area contributed by atoms with Crippen molar-refractivity contribution in [2.75, 3.05) is 19.0 Å². The van der Waals surface area contributed by atoms with Crippen molar-refractivity contribution in [3.63, 3.8) is 0 Å². The predicted molar refractivity (Wildman–Crippen MR) is 111 cm³/mol. The first-order chi connectivity index (χ1) is 13.0. The fraction of sp³-hybridized carbons (Fsp3) is 0.300. The Morgan fingerprint density at radius 1 is 1.30 bits per heavy atom. The second-order valence-corrected chi connectivity index (χ2v) is 7.70. The standard InChI is InChI=1S/C20H21ClN2O3S/c1-4-5-8-26-19-15(21)9-13(10-17(19)25-3)20(24)23-14-6-7-16-18(11-14)27-12(2)22-16/h6-7,9-11H,4-5,8H2,1-3H3,(H,23,24). The van der Waals surface area contributed by atoms with Gasteiger partial charge in [0.25, 0.3) is 5.91 Å². The molecule has 3 aromatic rings. The van der Waals surface area contributed by atoms with Crippen molar-refractivity contribution in [3.05, 3.63) is 45.9 Å². The molecule has 142 valence electrons. The molecule has 1 N–H and O–H groups in total. The van der Waals surface area contributed by atoms with Crippen LogP contribution in [0.4, 0.5) is 5.69 Å². The minimum absolute atomic E-state index is 0.268. The number of nitrogens with one attached hydrogen (secondary N) is 1. The van der Waals surface area contributed by atoms with Crippen molar-refractivity contribution in [2.24, 2.45) is 0 Å². The number of amides is 1. The van der Waals surface area contributed by atoms with Crippen LogP contribution >= 0.6 is 22.9 Å². The fourth-order valence-corrected chi connectivity index (χ4v) is 3.76. The topological polar surface area (TPSA) is 60.5 Å². The van der Waals surface area contributed by atoms with Gasteiger partial charge in [0.1, 0.15) is 0 Å². The minimum atomic E-state index is -0.268. The van der Waals surface area contributed by atoms with Gasteiger partial charge in [0.2, 0.25) is 0 Å². The number of fused-ring (bicyclic) bond motifs is 1. The molecule has 0 saturated carbocycles. The van der Waals surface area contributed by atoms with Crippen molar-refractivity contribution in [3.8, 4) is 11.5 Å². The molecule has 0 atom stereocenters. The lowest BCUT2D eigenvalue weighted by Crippen LogP contribution is -2.12. The maximum absolute atomic E-state index is 12.7. The number of halogens is 1. The summed E-state index contributed by atoms with van der Waals surface area (Å²) in [6.07, 6.45) is 1.94. The first-order valence-corrected chi connectivity index (χ1v) is 9.90. The van der Waals surface area contributed by atoms with Gasteiger partial charge in [-0.15, -0.1) is 11.3 Å². The molecule has 0 saturated heterocycles. The molecule has 5 nitrogen and oxygen atoms in total. The smallest absolute Gasteiger partial charge is 0.255 e. The molecule has 3 rings (SSSR count). The lowest BCUT2D eigenvalue weighted by molar-refractivity contribution is 0.102. The van der Waals surface area contributed by atoms with Crippen LogP contribution < -0.4 is 14.8 Å². The van der Waals surface area contributed by atoms with Crippen molar-refractivity contribution < 1.29 is 14.3 Å². The Morgan fingerprint density at radius 2 is 2.11 bits per heavy atom. The largest absolute Gasteiger partial charge is 0.493 e. The minimum Gasteiger partial charge on any atom is -0.493 e. The molecule has 0 unspecified atom stereocenters. The quantitative estimate of drug-likeness (QED) is 0.513. The Hall–Kier alpha value is -2.31. The number of aryl methyl sites for hydroxylation is 1. The van der Waals surface area contributed by atoms with E-state index in [2.05, 4.69) is 17.2 Å².